The number of carbonyl (C=O) groups excluding carboxylic acids is 1. The van der Waals surface area contributed by atoms with Gasteiger partial charge in [0.25, 0.3) is 0 Å². The zero-order chi connectivity index (χ0) is 23.8. The highest BCUT2D eigenvalue weighted by Crippen LogP contribution is 2.38. The first-order valence-electron chi connectivity index (χ1n) is 12.1. The Hall–Kier alpha value is -2.08. The Labute approximate surface area is 203 Å². The standard InChI is InChI=1S/C28H38N2O2S/c1-5-23-21(10-9-15-30-16-17-32-22(19-30)18-28(29)31)13-14-27(24(23)6-2)33-26-12-8-7-11-25(26)20(3)4/h7-14,20,22H,5-6,15-19H2,1-4H3,(H2,29,31)/b10-9+. The van der Waals surface area contributed by atoms with Crippen molar-refractivity contribution in [3.8, 4) is 0 Å². The Morgan fingerprint density at radius 2 is 1.91 bits per heavy atom. The highest BCUT2D eigenvalue weighted by atomic mass is 32.2. The van der Waals surface area contributed by atoms with Crippen molar-refractivity contribution in [2.24, 2.45) is 5.73 Å². The van der Waals surface area contributed by atoms with Crippen LogP contribution in [-0.4, -0.2) is 43.2 Å². The van der Waals surface area contributed by atoms with Gasteiger partial charge in [0, 0.05) is 29.4 Å². The molecule has 1 atom stereocenters. The van der Waals surface area contributed by atoms with Crippen LogP contribution in [0.5, 0.6) is 0 Å². The molecule has 0 aromatic heterocycles. The number of hydrogen-bond donors (Lipinski definition) is 1. The number of primary amides is 1. The highest BCUT2D eigenvalue weighted by molar-refractivity contribution is 7.99. The summed E-state index contributed by atoms with van der Waals surface area (Å²) < 4.78 is 5.67. The molecule has 1 saturated heterocycles. The highest BCUT2D eigenvalue weighted by Gasteiger charge is 2.21. The van der Waals surface area contributed by atoms with E-state index in [-0.39, 0.29) is 12.0 Å². The maximum atomic E-state index is 11.2. The molecule has 2 aromatic carbocycles. The Morgan fingerprint density at radius 1 is 1.15 bits per heavy atom. The topological polar surface area (TPSA) is 55.6 Å². The van der Waals surface area contributed by atoms with Crippen LogP contribution < -0.4 is 5.73 Å². The van der Waals surface area contributed by atoms with Crippen molar-refractivity contribution in [2.75, 3.05) is 26.2 Å². The van der Waals surface area contributed by atoms with Gasteiger partial charge in [-0.1, -0.05) is 75.9 Å². The second-order valence-corrected chi connectivity index (χ2v) is 10.0. The third kappa shape index (κ3) is 6.95. The van der Waals surface area contributed by atoms with E-state index >= 15 is 0 Å². The minimum atomic E-state index is -0.300. The smallest absolute Gasteiger partial charge is 0.220 e. The Balaban J connectivity index is 1.75. The van der Waals surface area contributed by atoms with Gasteiger partial charge in [-0.15, -0.1) is 0 Å². The molecular formula is C28H38N2O2S. The monoisotopic (exact) mass is 466 g/mol. The van der Waals surface area contributed by atoms with Crippen LogP contribution in [-0.2, 0) is 22.4 Å². The van der Waals surface area contributed by atoms with Gasteiger partial charge in [0.05, 0.1) is 19.1 Å². The van der Waals surface area contributed by atoms with E-state index in [1.165, 1.54) is 32.0 Å². The minimum Gasteiger partial charge on any atom is -0.375 e. The zero-order valence-electron chi connectivity index (χ0n) is 20.5. The summed E-state index contributed by atoms with van der Waals surface area (Å²) in [6.07, 6.45) is 6.73. The van der Waals surface area contributed by atoms with Gasteiger partial charge in [-0.3, -0.25) is 9.69 Å². The van der Waals surface area contributed by atoms with Crippen LogP contribution >= 0.6 is 11.8 Å². The maximum Gasteiger partial charge on any atom is 0.220 e. The predicted octanol–water partition coefficient (Wildman–Crippen LogP) is 5.68. The fraction of sp³-hybridized carbons (Fsp3) is 0.464. The fourth-order valence-corrected chi connectivity index (χ4v) is 5.87. The Bertz CT molecular complexity index is 970. The van der Waals surface area contributed by atoms with Crippen molar-refractivity contribution in [3.63, 3.8) is 0 Å². The van der Waals surface area contributed by atoms with Gasteiger partial charge in [-0.25, -0.2) is 0 Å². The molecule has 0 bridgehead atoms. The average molecular weight is 467 g/mol. The molecule has 3 rings (SSSR count). The Kier molecular flexibility index (Phi) is 9.60. The molecule has 33 heavy (non-hydrogen) atoms. The SMILES string of the molecule is CCc1c(/C=C/CN2CCOC(CC(N)=O)C2)ccc(Sc2ccccc2C(C)C)c1CC. The predicted molar refractivity (Wildman–Crippen MR) is 139 cm³/mol. The lowest BCUT2D eigenvalue weighted by Gasteiger charge is -2.31. The average Bonchev–Trinajstić information content (AvgIpc) is 2.79. The number of amides is 1. The van der Waals surface area contributed by atoms with E-state index in [4.69, 9.17) is 10.5 Å². The minimum absolute atomic E-state index is 0.0902. The maximum absolute atomic E-state index is 11.2. The molecule has 0 aliphatic carbocycles. The summed E-state index contributed by atoms with van der Waals surface area (Å²) in [5.74, 6) is 0.209. The third-order valence-corrected chi connectivity index (χ3v) is 7.40. The first-order chi connectivity index (χ1) is 15.9. The van der Waals surface area contributed by atoms with Crippen molar-refractivity contribution in [3.05, 3.63) is 64.7 Å². The lowest BCUT2D eigenvalue weighted by Crippen LogP contribution is -2.43. The molecule has 0 spiro atoms. The summed E-state index contributed by atoms with van der Waals surface area (Å²) in [6, 6.07) is 13.3. The first-order valence-corrected chi connectivity index (χ1v) is 12.9. The van der Waals surface area contributed by atoms with Gasteiger partial charge in [-0.2, -0.15) is 0 Å². The molecule has 1 aliphatic rings. The molecule has 4 nitrogen and oxygen atoms in total. The molecule has 1 amide bonds. The molecule has 0 saturated carbocycles. The number of nitrogens with two attached hydrogens (primary N) is 1. The van der Waals surface area contributed by atoms with Crippen molar-refractivity contribution in [1.29, 1.82) is 0 Å². The molecule has 0 radical (unpaired) electrons. The first kappa shape index (κ1) is 25.5. The van der Waals surface area contributed by atoms with Crippen LogP contribution in [0.25, 0.3) is 6.08 Å². The third-order valence-electron chi connectivity index (χ3n) is 6.21. The van der Waals surface area contributed by atoms with Gasteiger partial charge in [0.15, 0.2) is 0 Å². The number of morpholine rings is 1. The molecule has 1 fully saturated rings. The summed E-state index contributed by atoms with van der Waals surface area (Å²) in [5.41, 5.74) is 10.9. The van der Waals surface area contributed by atoms with Crippen molar-refractivity contribution in [2.45, 2.75) is 68.8 Å². The number of ether oxygens (including phenoxy) is 1. The normalized spacial score (nSPS) is 17.2. The summed E-state index contributed by atoms with van der Waals surface area (Å²) in [5, 5.41) is 0. The van der Waals surface area contributed by atoms with E-state index in [1.807, 2.05) is 11.8 Å². The van der Waals surface area contributed by atoms with E-state index in [9.17, 15) is 4.79 Å². The largest absolute Gasteiger partial charge is 0.375 e. The van der Waals surface area contributed by atoms with Crippen LogP contribution in [0, 0.1) is 0 Å². The second kappa shape index (κ2) is 12.4. The van der Waals surface area contributed by atoms with Gasteiger partial charge in [0.2, 0.25) is 5.91 Å². The van der Waals surface area contributed by atoms with E-state index < -0.39 is 0 Å². The summed E-state index contributed by atoms with van der Waals surface area (Å²) in [4.78, 5) is 16.2. The number of benzene rings is 2. The number of carbonyl (C=O) groups is 1. The van der Waals surface area contributed by atoms with Crippen LogP contribution in [0.15, 0.2) is 52.3 Å². The van der Waals surface area contributed by atoms with Gasteiger partial charge in [0.1, 0.15) is 0 Å². The molecular weight excluding hydrogens is 428 g/mol. The summed E-state index contributed by atoms with van der Waals surface area (Å²) in [6.45, 7) is 12.2. The van der Waals surface area contributed by atoms with E-state index in [1.54, 1.807) is 0 Å². The van der Waals surface area contributed by atoms with Gasteiger partial charge < -0.3 is 10.5 Å². The van der Waals surface area contributed by atoms with E-state index in [2.05, 4.69) is 81.1 Å². The second-order valence-electron chi connectivity index (χ2n) is 8.94. The fourth-order valence-electron chi connectivity index (χ4n) is 4.54. The van der Waals surface area contributed by atoms with Gasteiger partial charge in [-0.05, 0) is 53.1 Å². The molecule has 1 heterocycles. The summed E-state index contributed by atoms with van der Waals surface area (Å²) >= 11 is 1.90. The molecule has 1 aliphatic heterocycles. The quantitative estimate of drug-likeness (QED) is 0.490. The molecule has 178 valence electrons. The van der Waals surface area contributed by atoms with Crippen LogP contribution in [0.4, 0.5) is 0 Å². The molecule has 5 heteroatoms. The number of hydrogen-bond acceptors (Lipinski definition) is 4. The van der Waals surface area contributed by atoms with Crippen LogP contribution in [0.3, 0.4) is 0 Å². The number of nitrogens with zero attached hydrogens (tertiary/aromatic N) is 1. The van der Waals surface area contributed by atoms with Crippen molar-refractivity contribution < 1.29 is 9.53 Å². The van der Waals surface area contributed by atoms with Crippen LogP contribution in [0.1, 0.15) is 62.3 Å². The number of rotatable bonds is 10. The lowest BCUT2D eigenvalue weighted by molar-refractivity contribution is -0.122. The molecule has 2 N–H and O–H groups in total. The van der Waals surface area contributed by atoms with Crippen molar-refractivity contribution in [1.82, 2.24) is 4.90 Å². The Morgan fingerprint density at radius 3 is 2.61 bits per heavy atom. The van der Waals surface area contributed by atoms with E-state index in [0.717, 1.165) is 32.5 Å². The van der Waals surface area contributed by atoms with Crippen LogP contribution in [0.2, 0.25) is 0 Å². The zero-order valence-corrected chi connectivity index (χ0v) is 21.3. The van der Waals surface area contributed by atoms with Gasteiger partial charge >= 0.3 is 0 Å². The molecule has 1 unspecified atom stereocenters. The van der Waals surface area contributed by atoms with E-state index in [0.29, 0.717) is 18.9 Å². The summed E-state index contributed by atoms with van der Waals surface area (Å²) in [7, 11) is 0. The molecule has 2 aromatic rings. The van der Waals surface area contributed by atoms with Crippen molar-refractivity contribution >= 4 is 23.7 Å². The lowest BCUT2D eigenvalue weighted by atomic mass is 9.96.